The van der Waals surface area contributed by atoms with Crippen LogP contribution in [0.15, 0.2) is 47.0 Å². The minimum absolute atomic E-state index is 0.296. The molecule has 18 heavy (non-hydrogen) atoms. The molecule has 0 spiro atoms. The van der Waals surface area contributed by atoms with Gasteiger partial charge in [0, 0.05) is 29.7 Å². The van der Waals surface area contributed by atoms with Gasteiger partial charge in [0.25, 0.3) is 0 Å². The van der Waals surface area contributed by atoms with Crippen molar-refractivity contribution in [3.05, 3.63) is 47.4 Å². The van der Waals surface area contributed by atoms with Crippen LogP contribution in [0.25, 0.3) is 5.65 Å². The van der Waals surface area contributed by atoms with Crippen molar-refractivity contribution in [1.29, 1.82) is 0 Å². The molecule has 0 N–H and O–H groups in total. The van der Waals surface area contributed by atoms with Gasteiger partial charge in [-0.1, -0.05) is 35.0 Å². The molecule has 0 aliphatic rings. The van der Waals surface area contributed by atoms with E-state index in [0.29, 0.717) is 10.2 Å². The summed E-state index contributed by atoms with van der Waals surface area (Å²) in [6.45, 7) is 0. The summed E-state index contributed by atoms with van der Waals surface area (Å²) < 4.78 is 1.85. The molecule has 0 unspecified atom stereocenters. The molecule has 0 aromatic carbocycles. The number of pyridine rings is 1. The highest BCUT2D eigenvalue weighted by Gasteiger charge is 2.10. The minimum Gasteiger partial charge on any atom is -0.290 e. The first kappa shape index (κ1) is 11.8. The fourth-order valence-electron chi connectivity index (χ4n) is 1.50. The number of fused-ring (bicyclic) bond motifs is 1. The molecule has 0 radical (unpaired) electrons. The number of hydrogen-bond acceptors (Lipinski definition) is 4. The second-order valence-corrected chi connectivity index (χ2v) is 5.25. The van der Waals surface area contributed by atoms with Gasteiger partial charge in [0.05, 0.1) is 9.92 Å². The maximum absolute atomic E-state index is 6.11. The Morgan fingerprint density at radius 1 is 1.11 bits per heavy atom. The van der Waals surface area contributed by atoms with Crippen molar-refractivity contribution in [3.63, 3.8) is 0 Å². The Hall–Kier alpha value is -1.30. The van der Waals surface area contributed by atoms with Gasteiger partial charge in [-0.3, -0.25) is 4.40 Å². The Balaban J connectivity index is 2.06. The highest BCUT2D eigenvalue weighted by atomic mass is 35.5. The lowest BCUT2D eigenvalue weighted by molar-refractivity contribution is 1.04. The molecule has 0 aliphatic heterocycles. The zero-order chi connectivity index (χ0) is 12.5. The van der Waals surface area contributed by atoms with Crippen molar-refractivity contribution in [1.82, 2.24) is 19.4 Å². The quantitative estimate of drug-likeness (QED) is 0.678. The van der Waals surface area contributed by atoms with Crippen LogP contribution in [-0.2, 0) is 0 Å². The maximum Gasteiger partial charge on any atom is 0.153 e. The molecule has 7 heteroatoms. The van der Waals surface area contributed by atoms with Crippen molar-refractivity contribution in [3.8, 4) is 0 Å². The summed E-state index contributed by atoms with van der Waals surface area (Å²) in [6.07, 6.45) is 8.64. The third-order valence-electron chi connectivity index (χ3n) is 2.30. The van der Waals surface area contributed by atoms with Crippen LogP contribution in [0, 0.1) is 0 Å². The largest absolute Gasteiger partial charge is 0.290 e. The predicted molar refractivity (Wildman–Crippen MR) is 71.4 cm³/mol. The van der Waals surface area contributed by atoms with E-state index in [4.69, 9.17) is 23.2 Å². The Kier molecular flexibility index (Phi) is 3.11. The second kappa shape index (κ2) is 4.76. The summed E-state index contributed by atoms with van der Waals surface area (Å²) in [7, 11) is 0. The van der Waals surface area contributed by atoms with Crippen LogP contribution in [-0.4, -0.2) is 19.4 Å². The Labute approximate surface area is 117 Å². The van der Waals surface area contributed by atoms with Gasteiger partial charge in [-0.2, -0.15) is 0 Å². The first-order valence-corrected chi connectivity index (χ1v) is 6.57. The fraction of sp³-hybridized carbons (Fsp3) is 0. The van der Waals surface area contributed by atoms with Crippen LogP contribution in [0.3, 0.4) is 0 Å². The molecular formula is C11H6Cl2N4S. The minimum atomic E-state index is 0.296. The van der Waals surface area contributed by atoms with E-state index >= 15 is 0 Å². The van der Waals surface area contributed by atoms with E-state index in [0.717, 1.165) is 15.4 Å². The van der Waals surface area contributed by atoms with E-state index in [-0.39, 0.29) is 0 Å². The zero-order valence-electron chi connectivity index (χ0n) is 8.92. The molecule has 0 saturated heterocycles. The number of imidazole rings is 1. The Bertz CT molecular complexity index is 713. The molecule has 0 bridgehead atoms. The van der Waals surface area contributed by atoms with Crippen molar-refractivity contribution in [2.45, 2.75) is 9.79 Å². The summed E-state index contributed by atoms with van der Waals surface area (Å²) in [5.74, 6) is 0. The fourth-order valence-corrected chi connectivity index (χ4v) is 2.86. The monoisotopic (exact) mass is 296 g/mol. The Morgan fingerprint density at radius 3 is 2.89 bits per heavy atom. The highest BCUT2D eigenvalue weighted by Crippen LogP contribution is 2.36. The summed E-state index contributed by atoms with van der Waals surface area (Å²) >= 11 is 13.4. The van der Waals surface area contributed by atoms with E-state index in [2.05, 4.69) is 15.0 Å². The van der Waals surface area contributed by atoms with Gasteiger partial charge in [-0.25, -0.2) is 15.0 Å². The summed E-state index contributed by atoms with van der Waals surface area (Å²) in [5.41, 5.74) is 0.832. The molecule has 0 aliphatic carbocycles. The molecule has 90 valence electrons. The summed E-state index contributed by atoms with van der Waals surface area (Å²) in [5, 5.41) is 0.739. The lowest BCUT2D eigenvalue weighted by Gasteiger charge is -2.05. The molecule has 0 atom stereocenters. The SMILES string of the molecule is Clc1nccc(Sc2cncn3ccnc23)c1Cl. The van der Waals surface area contributed by atoms with Crippen LogP contribution < -0.4 is 0 Å². The molecule has 4 nitrogen and oxygen atoms in total. The lowest BCUT2D eigenvalue weighted by atomic mass is 10.5. The van der Waals surface area contributed by atoms with E-state index < -0.39 is 0 Å². The van der Waals surface area contributed by atoms with Gasteiger partial charge in [-0.15, -0.1) is 0 Å². The van der Waals surface area contributed by atoms with Gasteiger partial charge in [0.2, 0.25) is 0 Å². The van der Waals surface area contributed by atoms with Crippen molar-refractivity contribution < 1.29 is 0 Å². The number of aromatic nitrogens is 4. The van der Waals surface area contributed by atoms with Crippen molar-refractivity contribution in [2.24, 2.45) is 0 Å². The summed E-state index contributed by atoms with van der Waals surface area (Å²) in [6, 6.07) is 1.81. The number of nitrogens with zero attached hydrogens (tertiary/aromatic N) is 4. The lowest BCUT2D eigenvalue weighted by Crippen LogP contribution is -1.89. The molecule has 3 rings (SSSR count). The number of halogens is 2. The van der Waals surface area contributed by atoms with E-state index in [1.807, 2.05) is 16.7 Å². The first-order chi connectivity index (χ1) is 8.75. The average molecular weight is 297 g/mol. The zero-order valence-corrected chi connectivity index (χ0v) is 11.2. The van der Waals surface area contributed by atoms with Gasteiger partial charge in [-0.05, 0) is 6.07 Å². The van der Waals surface area contributed by atoms with E-state index in [1.165, 1.54) is 11.8 Å². The predicted octanol–water partition coefficient (Wildman–Crippen LogP) is 3.58. The van der Waals surface area contributed by atoms with Gasteiger partial charge in [0.15, 0.2) is 5.65 Å². The third kappa shape index (κ3) is 2.05. The maximum atomic E-state index is 6.11. The van der Waals surface area contributed by atoms with Crippen LogP contribution in [0.2, 0.25) is 10.2 Å². The average Bonchev–Trinajstić information content (AvgIpc) is 2.84. The van der Waals surface area contributed by atoms with E-state index in [1.54, 1.807) is 24.9 Å². The molecule has 0 amide bonds. The van der Waals surface area contributed by atoms with Crippen LogP contribution >= 0.6 is 35.0 Å². The third-order valence-corrected chi connectivity index (χ3v) is 4.25. The Morgan fingerprint density at radius 2 is 2.00 bits per heavy atom. The molecule has 3 aromatic rings. The normalized spacial score (nSPS) is 11.0. The molecular weight excluding hydrogens is 291 g/mol. The number of rotatable bonds is 2. The van der Waals surface area contributed by atoms with E-state index in [9.17, 15) is 0 Å². The smallest absolute Gasteiger partial charge is 0.153 e. The van der Waals surface area contributed by atoms with Crippen molar-refractivity contribution >= 4 is 40.6 Å². The first-order valence-electron chi connectivity index (χ1n) is 5.00. The van der Waals surface area contributed by atoms with Crippen molar-refractivity contribution in [2.75, 3.05) is 0 Å². The topological polar surface area (TPSA) is 43.1 Å². The van der Waals surface area contributed by atoms with Gasteiger partial charge < -0.3 is 0 Å². The molecule has 3 aromatic heterocycles. The van der Waals surface area contributed by atoms with Crippen LogP contribution in [0.1, 0.15) is 0 Å². The standard InChI is InChI=1S/C11H6Cl2N4S/c12-9-7(1-2-15-10(9)13)18-8-5-14-6-17-4-3-16-11(8)17/h1-6H. The highest BCUT2D eigenvalue weighted by molar-refractivity contribution is 7.99. The molecule has 0 fully saturated rings. The summed E-state index contributed by atoms with van der Waals surface area (Å²) in [4.78, 5) is 14.1. The molecule has 3 heterocycles. The van der Waals surface area contributed by atoms with Crippen LogP contribution in [0.4, 0.5) is 0 Å². The van der Waals surface area contributed by atoms with Gasteiger partial charge in [0.1, 0.15) is 11.5 Å². The second-order valence-electron chi connectivity index (χ2n) is 3.43. The molecule has 0 saturated carbocycles. The number of hydrogen-bond donors (Lipinski definition) is 0. The van der Waals surface area contributed by atoms with Gasteiger partial charge >= 0.3 is 0 Å². The van der Waals surface area contributed by atoms with Crippen LogP contribution in [0.5, 0.6) is 0 Å².